The minimum atomic E-state index is -4.95. The van der Waals surface area contributed by atoms with Crippen molar-refractivity contribution >= 4 is 33.4 Å². The lowest BCUT2D eigenvalue weighted by atomic mass is 10.0. The number of nitrogens with one attached hydrogen (secondary N) is 1. The number of piperazine rings is 1. The molecule has 0 spiro atoms. The van der Waals surface area contributed by atoms with E-state index in [1.807, 2.05) is 11.8 Å². The standard InChI is InChI=1S/C50H67F3N8O13S/c1-7-36-34-58(47(62)38-17-20-44(72-8-2)57-45(38)50(51,52)53)24-25-60(36)41-19-18-39(37-14-12-21-54-46(37)73-9-3)56-40(41)35-59(75(66,67)43-16-11-10-15-42(43)61(64)65)23-13-26-68-28-30-70-32-33-71-31-29-69-27-22-55-48(63)74-49(4,5)6/h10-12,14-21,36H,7-9,13,22-35H2,1-6H3,(H,55,63)/t36-/m1/s1. The van der Waals surface area contributed by atoms with Crippen LogP contribution in [0.25, 0.3) is 11.3 Å². The van der Waals surface area contributed by atoms with Crippen molar-refractivity contribution in [3.63, 3.8) is 0 Å². The maximum atomic E-state index is 14.7. The van der Waals surface area contributed by atoms with Crippen molar-refractivity contribution in [2.45, 2.75) is 83.6 Å². The summed E-state index contributed by atoms with van der Waals surface area (Å²) >= 11 is 0. The third kappa shape index (κ3) is 17.7. The van der Waals surface area contributed by atoms with E-state index < -0.39 is 66.6 Å². The van der Waals surface area contributed by atoms with Gasteiger partial charge in [-0.2, -0.15) is 17.5 Å². The highest BCUT2D eigenvalue weighted by Crippen LogP contribution is 2.36. The molecule has 1 aromatic carbocycles. The van der Waals surface area contributed by atoms with Crippen molar-refractivity contribution in [1.29, 1.82) is 0 Å². The summed E-state index contributed by atoms with van der Waals surface area (Å²) in [6.45, 7) is 12.7. The average molecular weight is 1080 g/mol. The second kappa shape index (κ2) is 28.6. The quantitative estimate of drug-likeness (QED) is 0.0322. The Morgan fingerprint density at radius 3 is 2.15 bits per heavy atom. The van der Waals surface area contributed by atoms with Gasteiger partial charge in [-0.1, -0.05) is 19.1 Å². The lowest BCUT2D eigenvalue weighted by molar-refractivity contribution is -0.387. The zero-order valence-electron chi connectivity index (χ0n) is 43.1. The molecule has 21 nitrogen and oxygen atoms in total. The fourth-order valence-electron chi connectivity index (χ4n) is 7.85. The minimum absolute atomic E-state index is 0.00259. The van der Waals surface area contributed by atoms with Crippen LogP contribution in [0.15, 0.2) is 71.8 Å². The SMILES string of the molecule is CCOc1ccc(C(=O)N2CCN(c3ccc(-c4cccnc4OCC)nc3CN(CCCOCCOCCOCCOCCNC(=O)OC(C)(C)C)S(=O)(=O)c3ccccc3[N+](=O)[O-])[C@H](CC)C2)c(C(F)(F)F)n1. The molecule has 1 fully saturated rings. The van der Waals surface area contributed by atoms with Crippen LogP contribution < -0.4 is 19.7 Å². The van der Waals surface area contributed by atoms with Gasteiger partial charge in [-0.25, -0.2) is 28.2 Å². The van der Waals surface area contributed by atoms with Crippen LogP contribution in [0.1, 0.15) is 76.1 Å². The highest BCUT2D eigenvalue weighted by atomic mass is 32.2. The second-order valence-corrected chi connectivity index (χ2v) is 19.6. The molecule has 0 radical (unpaired) electrons. The number of amides is 2. The van der Waals surface area contributed by atoms with E-state index in [0.717, 1.165) is 16.4 Å². The number of sulfonamides is 1. The Labute approximate surface area is 435 Å². The van der Waals surface area contributed by atoms with Crippen LogP contribution >= 0.6 is 0 Å². The molecule has 4 heterocycles. The Bertz CT molecular complexity index is 2610. The molecular weight excluding hydrogens is 1010 g/mol. The number of alkyl halides is 3. The number of halogens is 3. The van der Waals surface area contributed by atoms with Crippen molar-refractivity contribution < 1.29 is 69.3 Å². The number of pyridine rings is 3. The monoisotopic (exact) mass is 1080 g/mol. The number of alkyl carbamates (subject to hydrolysis) is 1. The Morgan fingerprint density at radius 1 is 0.840 bits per heavy atom. The van der Waals surface area contributed by atoms with E-state index in [1.165, 1.54) is 29.2 Å². The van der Waals surface area contributed by atoms with E-state index in [4.69, 9.17) is 38.1 Å². The number of aromatic nitrogens is 3. The zero-order chi connectivity index (χ0) is 54.6. The summed E-state index contributed by atoms with van der Waals surface area (Å²) in [6.07, 6.45) is -3.35. The molecule has 0 bridgehead atoms. The van der Waals surface area contributed by atoms with Gasteiger partial charge in [0.1, 0.15) is 5.60 Å². The summed E-state index contributed by atoms with van der Waals surface area (Å²) in [4.78, 5) is 52.9. The predicted molar refractivity (Wildman–Crippen MR) is 269 cm³/mol. The molecule has 1 N–H and O–H groups in total. The van der Waals surface area contributed by atoms with E-state index >= 15 is 0 Å². The summed E-state index contributed by atoms with van der Waals surface area (Å²) in [7, 11) is -4.63. The molecule has 1 saturated heterocycles. The number of nitro benzene ring substituents is 1. The third-order valence-corrected chi connectivity index (χ3v) is 13.1. The lowest BCUT2D eigenvalue weighted by Gasteiger charge is -2.43. The first-order valence-electron chi connectivity index (χ1n) is 24.6. The van der Waals surface area contributed by atoms with Crippen LogP contribution in [0.2, 0.25) is 0 Å². The number of benzene rings is 1. The van der Waals surface area contributed by atoms with Crippen LogP contribution in [-0.2, 0) is 46.4 Å². The molecule has 1 atom stereocenters. The van der Waals surface area contributed by atoms with Gasteiger partial charge in [0.25, 0.3) is 11.6 Å². The number of carbonyl (C=O) groups is 2. The Morgan fingerprint density at radius 2 is 1.51 bits per heavy atom. The predicted octanol–water partition coefficient (Wildman–Crippen LogP) is 7.18. The van der Waals surface area contributed by atoms with E-state index in [0.29, 0.717) is 43.2 Å². The molecule has 5 rings (SSSR count). The molecule has 0 saturated carbocycles. The molecule has 0 unspecified atom stereocenters. The number of hydrogen-bond donors (Lipinski definition) is 1. The maximum Gasteiger partial charge on any atom is 0.434 e. The van der Waals surface area contributed by atoms with E-state index in [1.54, 1.807) is 65.1 Å². The summed E-state index contributed by atoms with van der Waals surface area (Å²) in [5.74, 6) is -0.855. The zero-order valence-corrected chi connectivity index (χ0v) is 44.0. The molecule has 412 valence electrons. The smallest absolute Gasteiger partial charge is 0.434 e. The van der Waals surface area contributed by atoms with Crippen LogP contribution in [0, 0.1) is 10.1 Å². The van der Waals surface area contributed by atoms with Gasteiger partial charge in [-0.3, -0.25) is 14.9 Å². The lowest BCUT2D eigenvalue weighted by Crippen LogP contribution is -2.55. The molecule has 25 heteroatoms. The third-order valence-electron chi connectivity index (χ3n) is 11.2. The average Bonchev–Trinajstić information content (AvgIpc) is 3.37. The molecule has 1 aliphatic rings. The van der Waals surface area contributed by atoms with Crippen molar-refractivity contribution in [2.75, 3.05) is 104 Å². The number of nitro groups is 1. The Hall–Kier alpha value is -6.25. The summed E-state index contributed by atoms with van der Waals surface area (Å²) in [6, 6.07) is 13.8. The number of ether oxygens (including phenoxy) is 7. The highest BCUT2D eigenvalue weighted by molar-refractivity contribution is 7.89. The van der Waals surface area contributed by atoms with Crippen molar-refractivity contribution in [1.82, 2.24) is 29.5 Å². The number of hydrogen-bond acceptors (Lipinski definition) is 17. The molecule has 4 aromatic rings. The van der Waals surface area contributed by atoms with Gasteiger partial charge in [0, 0.05) is 63.7 Å². The summed E-state index contributed by atoms with van der Waals surface area (Å²) < 4.78 is 112. The first-order valence-corrected chi connectivity index (χ1v) is 26.1. The molecular formula is C50H67F3N8O13S. The molecule has 1 aliphatic heterocycles. The molecule has 3 aromatic heterocycles. The fourth-order valence-corrected chi connectivity index (χ4v) is 9.45. The normalized spacial score (nSPS) is 14.2. The summed E-state index contributed by atoms with van der Waals surface area (Å²) in [5, 5.41) is 14.8. The minimum Gasteiger partial charge on any atom is -0.478 e. The number of rotatable bonds is 29. The van der Waals surface area contributed by atoms with Crippen LogP contribution in [0.5, 0.6) is 11.8 Å². The van der Waals surface area contributed by atoms with Crippen LogP contribution in [-0.4, -0.2) is 160 Å². The van der Waals surface area contributed by atoms with Crippen LogP contribution in [0.3, 0.4) is 0 Å². The van der Waals surface area contributed by atoms with Crippen molar-refractivity contribution in [2.24, 2.45) is 0 Å². The first kappa shape index (κ1) is 59.6. The van der Waals surface area contributed by atoms with E-state index in [9.17, 15) is 41.3 Å². The molecule has 0 aliphatic carbocycles. The number of para-hydroxylation sites is 1. The van der Waals surface area contributed by atoms with Crippen LogP contribution in [0.4, 0.5) is 29.3 Å². The maximum absolute atomic E-state index is 14.7. The largest absolute Gasteiger partial charge is 0.478 e. The van der Waals surface area contributed by atoms with Gasteiger partial charge in [-0.15, -0.1) is 0 Å². The Balaban J connectivity index is 1.31. The number of anilines is 1. The molecule has 2 amide bonds. The van der Waals surface area contributed by atoms with Gasteiger partial charge in [-0.05, 0) is 83.9 Å². The van der Waals surface area contributed by atoms with Gasteiger partial charge in [0.05, 0.1) is 99.1 Å². The van der Waals surface area contributed by atoms with Gasteiger partial charge in [0.15, 0.2) is 10.6 Å². The topological polar surface area (TPSA) is 236 Å². The van der Waals surface area contributed by atoms with E-state index in [-0.39, 0.29) is 109 Å². The first-order chi connectivity index (χ1) is 35.8. The van der Waals surface area contributed by atoms with Crippen molar-refractivity contribution in [3.8, 4) is 23.0 Å². The number of carbonyl (C=O) groups excluding carboxylic acids is 2. The highest BCUT2D eigenvalue weighted by Gasteiger charge is 2.41. The van der Waals surface area contributed by atoms with Crippen molar-refractivity contribution in [3.05, 3.63) is 93.9 Å². The van der Waals surface area contributed by atoms with Gasteiger partial charge in [0.2, 0.25) is 21.8 Å². The summed E-state index contributed by atoms with van der Waals surface area (Å²) in [5.41, 5.74) is -1.60. The van der Waals surface area contributed by atoms with Gasteiger partial charge < -0.3 is 48.3 Å². The Kier molecular flexibility index (Phi) is 22.7. The van der Waals surface area contributed by atoms with Gasteiger partial charge >= 0.3 is 12.3 Å². The number of nitrogens with zero attached hydrogens (tertiary/aromatic N) is 7. The fraction of sp³-hybridized carbons (Fsp3) is 0.540. The van der Waals surface area contributed by atoms with E-state index in [2.05, 4.69) is 15.3 Å². The second-order valence-electron chi connectivity index (χ2n) is 17.7. The molecule has 75 heavy (non-hydrogen) atoms.